The van der Waals surface area contributed by atoms with E-state index in [1.54, 1.807) is 6.07 Å². The summed E-state index contributed by atoms with van der Waals surface area (Å²) in [5.41, 5.74) is 4.06. The highest BCUT2D eigenvalue weighted by Gasteiger charge is 2.30. The number of aryl methyl sites for hydroxylation is 3. The average Bonchev–Trinajstić information content (AvgIpc) is 3.49. The van der Waals surface area contributed by atoms with Crippen LogP contribution in [0.25, 0.3) is 0 Å². The topological polar surface area (TPSA) is 84.5 Å². The van der Waals surface area contributed by atoms with Crippen LogP contribution in [0.3, 0.4) is 0 Å². The Morgan fingerprint density at radius 1 is 1.14 bits per heavy atom. The normalized spacial score (nSPS) is 13.9. The van der Waals surface area contributed by atoms with Gasteiger partial charge in [0, 0.05) is 18.2 Å². The van der Waals surface area contributed by atoms with Crippen LogP contribution in [-0.4, -0.2) is 34.0 Å². The third-order valence-electron chi connectivity index (χ3n) is 5.02. The van der Waals surface area contributed by atoms with Crippen molar-refractivity contribution in [3.8, 4) is 5.75 Å². The van der Waals surface area contributed by atoms with Crippen LogP contribution in [0.2, 0.25) is 0 Å². The Hall–Kier alpha value is -2.38. The van der Waals surface area contributed by atoms with Crippen LogP contribution in [0.15, 0.2) is 41.3 Å². The number of methoxy groups -OCH3 is 1. The maximum atomic E-state index is 12.6. The van der Waals surface area contributed by atoms with Crippen LogP contribution in [0.5, 0.6) is 5.75 Å². The first-order valence-electron chi connectivity index (χ1n) is 9.85. The SMILES string of the molecule is COc1ccc(C(=O)NCCCc2ccc(C)cc2C)cc1S(=O)(=O)NC1CC1. The summed E-state index contributed by atoms with van der Waals surface area (Å²) in [6, 6.07) is 10.8. The van der Waals surface area contributed by atoms with Gasteiger partial charge in [-0.1, -0.05) is 23.8 Å². The molecule has 6 nitrogen and oxygen atoms in total. The van der Waals surface area contributed by atoms with Gasteiger partial charge in [0.15, 0.2) is 0 Å². The number of sulfonamides is 1. The van der Waals surface area contributed by atoms with E-state index >= 15 is 0 Å². The molecule has 1 saturated carbocycles. The quantitative estimate of drug-likeness (QED) is 0.615. The number of amides is 1. The van der Waals surface area contributed by atoms with Crippen molar-refractivity contribution in [1.29, 1.82) is 0 Å². The van der Waals surface area contributed by atoms with E-state index in [0.29, 0.717) is 12.1 Å². The fraction of sp³-hybridized carbons (Fsp3) is 0.409. The van der Waals surface area contributed by atoms with Gasteiger partial charge in [0.2, 0.25) is 10.0 Å². The molecule has 1 aliphatic rings. The van der Waals surface area contributed by atoms with Crippen molar-refractivity contribution >= 4 is 15.9 Å². The minimum absolute atomic E-state index is 0.00479. The van der Waals surface area contributed by atoms with Gasteiger partial charge in [-0.15, -0.1) is 0 Å². The minimum Gasteiger partial charge on any atom is -0.495 e. The molecule has 0 radical (unpaired) electrons. The van der Waals surface area contributed by atoms with E-state index in [1.807, 2.05) is 0 Å². The van der Waals surface area contributed by atoms with Crippen LogP contribution < -0.4 is 14.8 Å². The molecule has 0 spiro atoms. The van der Waals surface area contributed by atoms with Crippen molar-refractivity contribution in [2.45, 2.75) is 50.5 Å². The van der Waals surface area contributed by atoms with Crippen molar-refractivity contribution in [2.75, 3.05) is 13.7 Å². The van der Waals surface area contributed by atoms with E-state index in [9.17, 15) is 13.2 Å². The molecule has 0 heterocycles. The van der Waals surface area contributed by atoms with Crippen LogP contribution in [0.4, 0.5) is 0 Å². The lowest BCUT2D eigenvalue weighted by Gasteiger charge is -2.12. The summed E-state index contributed by atoms with van der Waals surface area (Å²) in [7, 11) is -2.31. The summed E-state index contributed by atoms with van der Waals surface area (Å²) in [5, 5.41) is 2.87. The highest BCUT2D eigenvalue weighted by atomic mass is 32.2. The van der Waals surface area contributed by atoms with Gasteiger partial charge in [0.1, 0.15) is 10.6 Å². The first kappa shape index (κ1) is 21.3. The summed E-state index contributed by atoms with van der Waals surface area (Å²) in [6.07, 6.45) is 3.35. The van der Waals surface area contributed by atoms with Gasteiger partial charge in [0.05, 0.1) is 7.11 Å². The van der Waals surface area contributed by atoms with E-state index in [1.165, 1.54) is 35.9 Å². The molecule has 3 rings (SSSR count). The van der Waals surface area contributed by atoms with Crippen molar-refractivity contribution in [2.24, 2.45) is 0 Å². The molecule has 0 bridgehead atoms. The summed E-state index contributed by atoms with van der Waals surface area (Å²) < 4.78 is 33.0. The van der Waals surface area contributed by atoms with Crippen LogP contribution in [0, 0.1) is 13.8 Å². The summed E-state index contributed by atoms with van der Waals surface area (Å²) in [4.78, 5) is 12.5. The Bertz CT molecular complexity index is 998. The lowest BCUT2D eigenvalue weighted by Crippen LogP contribution is -2.28. The summed E-state index contributed by atoms with van der Waals surface area (Å²) >= 11 is 0. The van der Waals surface area contributed by atoms with Crippen molar-refractivity contribution < 1.29 is 17.9 Å². The van der Waals surface area contributed by atoms with Gasteiger partial charge in [-0.3, -0.25) is 4.79 Å². The van der Waals surface area contributed by atoms with Gasteiger partial charge in [-0.25, -0.2) is 13.1 Å². The molecule has 0 atom stereocenters. The maximum Gasteiger partial charge on any atom is 0.251 e. The molecular formula is C22H28N2O4S. The van der Waals surface area contributed by atoms with E-state index in [-0.39, 0.29) is 22.6 Å². The van der Waals surface area contributed by atoms with Gasteiger partial charge in [-0.2, -0.15) is 0 Å². The molecule has 2 N–H and O–H groups in total. The largest absolute Gasteiger partial charge is 0.495 e. The fourth-order valence-corrected chi connectivity index (χ4v) is 4.72. The van der Waals surface area contributed by atoms with E-state index in [4.69, 9.17) is 4.74 Å². The number of benzene rings is 2. The summed E-state index contributed by atoms with van der Waals surface area (Å²) in [5.74, 6) is -0.0688. The molecule has 29 heavy (non-hydrogen) atoms. The van der Waals surface area contributed by atoms with Crippen molar-refractivity contribution in [3.63, 3.8) is 0 Å². The first-order chi connectivity index (χ1) is 13.8. The van der Waals surface area contributed by atoms with Crippen LogP contribution >= 0.6 is 0 Å². The standard InChI is InChI=1S/C22H28N2O4S/c1-15-6-7-17(16(2)13-15)5-4-12-23-22(25)18-8-11-20(28-3)21(14-18)29(26,27)24-19-9-10-19/h6-8,11,13-14,19,24H,4-5,9-10,12H2,1-3H3,(H,23,25). The lowest BCUT2D eigenvalue weighted by molar-refractivity contribution is 0.0953. The zero-order chi connectivity index (χ0) is 21.0. The molecule has 0 aliphatic heterocycles. The van der Waals surface area contributed by atoms with Crippen molar-refractivity contribution in [3.05, 3.63) is 58.7 Å². The van der Waals surface area contributed by atoms with Gasteiger partial charge >= 0.3 is 0 Å². The fourth-order valence-electron chi connectivity index (χ4n) is 3.22. The predicted molar refractivity (Wildman–Crippen MR) is 113 cm³/mol. The number of nitrogens with one attached hydrogen (secondary N) is 2. The Balaban J connectivity index is 1.62. The molecule has 2 aromatic rings. The molecule has 1 fully saturated rings. The zero-order valence-corrected chi connectivity index (χ0v) is 17.9. The molecule has 0 unspecified atom stereocenters. The highest BCUT2D eigenvalue weighted by molar-refractivity contribution is 7.89. The molecule has 1 aliphatic carbocycles. The Morgan fingerprint density at radius 2 is 1.90 bits per heavy atom. The van der Waals surface area contributed by atoms with E-state index < -0.39 is 10.0 Å². The second-order valence-electron chi connectivity index (χ2n) is 7.55. The second-order valence-corrected chi connectivity index (χ2v) is 9.23. The average molecular weight is 417 g/mol. The Morgan fingerprint density at radius 3 is 2.55 bits per heavy atom. The number of hydrogen-bond donors (Lipinski definition) is 2. The van der Waals surface area contributed by atoms with E-state index in [2.05, 4.69) is 42.1 Å². The number of carbonyl (C=O) groups excluding carboxylic acids is 1. The molecule has 1 amide bonds. The Labute approximate surface area is 172 Å². The predicted octanol–water partition coefficient (Wildman–Crippen LogP) is 3.12. The molecule has 0 saturated heterocycles. The number of hydrogen-bond acceptors (Lipinski definition) is 4. The number of ether oxygens (including phenoxy) is 1. The first-order valence-corrected chi connectivity index (χ1v) is 11.3. The molecule has 0 aromatic heterocycles. The van der Waals surface area contributed by atoms with Crippen LogP contribution in [0.1, 0.15) is 46.3 Å². The second kappa shape index (κ2) is 8.97. The lowest BCUT2D eigenvalue weighted by atomic mass is 10.0. The van der Waals surface area contributed by atoms with Crippen LogP contribution in [-0.2, 0) is 16.4 Å². The Kier molecular flexibility index (Phi) is 6.59. The minimum atomic E-state index is -3.72. The number of carbonyl (C=O) groups is 1. The van der Waals surface area contributed by atoms with Crippen molar-refractivity contribution in [1.82, 2.24) is 10.0 Å². The zero-order valence-electron chi connectivity index (χ0n) is 17.1. The monoisotopic (exact) mass is 416 g/mol. The molecule has 156 valence electrons. The smallest absolute Gasteiger partial charge is 0.251 e. The van der Waals surface area contributed by atoms with Gasteiger partial charge in [0.25, 0.3) is 5.91 Å². The van der Waals surface area contributed by atoms with Gasteiger partial charge in [-0.05, 0) is 68.9 Å². The van der Waals surface area contributed by atoms with E-state index in [0.717, 1.165) is 25.7 Å². The third-order valence-corrected chi connectivity index (χ3v) is 6.56. The highest BCUT2D eigenvalue weighted by Crippen LogP contribution is 2.28. The third kappa shape index (κ3) is 5.58. The maximum absolute atomic E-state index is 12.6. The summed E-state index contributed by atoms with van der Waals surface area (Å²) in [6.45, 7) is 4.68. The van der Waals surface area contributed by atoms with Gasteiger partial charge < -0.3 is 10.1 Å². The molecular weight excluding hydrogens is 388 g/mol. The molecule has 2 aromatic carbocycles. The molecule has 7 heteroatoms. The number of rotatable bonds is 9.